The van der Waals surface area contributed by atoms with Gasteiger partial charge in [0.15, 0.2) is 6.10 Å². The molecule has 6 heteroatoms. The molecule has 0 saturated heterocycles. The lowest BCUT2D eigenvalue weighted by Gasteiger charge is -2.12. The van der Waals surface area contributed by atoms with Gasteiger partial charge in [0.05, 0.1) is 0 Å². The van der Waals surface area contributed by atoms with Crippen LogP contribution in [0.3, 0.4) is 0 Å². The van der Waals surface area contributed by atoms with Crippen molar-refractivity contribution in [1.82, 2.24) is 0 Å². The Hall–Kier alpha value is -1.37. The highest BCUT2D eigenvalue weighted by Crippen LogP contribution is 2.17. The fraction of sp³-hybridized carbons (Fsp3) is 0.125. The predicted octanol–water partition coefficient (Wildman–Crippen LogP) is -0.202. The molecule has 3 N–H and O–H groups in total. The number of carbonyl (C=O) groups is 1. The van der Waals surface area contributed by atoms with E-state index in [1.165, 1.54) is 12.1 Å². The molecular weight excluding hydrogens is 187 g/mol. The van der Waals surface area contributed by atoms with Gasteiger partial charge in [0.1, 0.15) is 0 Å². The van der Waals surface area contributed by atoms with Gasteiger partial charge in [-0.3, -0.25) is 0 Å². The highest BCUT2D eigenvalue weighted by atomic mass is 16.6. The van der Waals surface area contributed by atoms with Crippen LogP contribution in [-0.2, 0) is 9.45 Å². The van der Waals surface area contributed by atoms with Crippen LogP contribution in [0, 0.1) is 0 Å². The average molecular weight is 196 g/mol. The van der Waals surface area contributed by atoms with Gasteiger partial charge in [0.2, 0.25) is 0 Å². The van der Waals surface area contributed by atoms with E-state index in [1.807, 2.05) is 0 Å². The lowest BCUT2D eigenvalue weighted by Crippen LogP contribution is -2.25. The van der Waals surface area contributed by atoms with E-state index in [0.29, 0.717) is 5.56 Å². The topological polar surface area (TPSA) is 87.0 Å². The third kappa shape index (κ3) is 2.84. The number of rotatable bonds is 4. The average Bonchev–Trinajstić information content (AvgIpc) is 2.15. The minimum Gasteiger partial charge on any atom is -0.479 e. The van der Waals surface area contributed by atoms with E-state index in [1.54, 1.807) is 18.2 Å². The summed E-state index contributed by atoms with van der Waals surface area (Å²) in [5, 5.41) is 25.7. The first-order chi connectivity index (χ1) is 6.61. The minimum atomic E-state index is -2.10. The predicted molar refractivity (Wildman–Crippen MR) is 48.1 cm³/mol. The molecule has 0 spiro atoms. The lowest BCUT2D eigenvalue weighted by molar-refractivity contribution is -0.147. The summed E-state index contributed by atoms with van der Waals surface area (Å²) in [6.45, 7) is 0. The van der Waals surface area contributed by atoms with Crippen LogP contribution < -0.4 is 0 Å². The lowest BCUT2D eigenvalue weighted by atomic mass is 10.1. The summed E-state index contributed by atoms with van der Waals surface area (Å²) < 4.78 is 4.41. The first-order valence-electron chi connectivity index (χ1n) is 3.90. The second kappa shape index (κ2) is 4.76. The molecule has 0 fully saturated rings. The van der Waals surface area contributed by atoms with Crippen LogP contribution in [0.1, 0.15) is 11.7 Å². The van der Waals surface area contributed by atoms with Gasteiger partial charge in [-0.05, 0) is 5.56 Å². The van der Waals surface area contributed by atoms with Crippen LogP contribution >= 0.6 is 0 Å². The standard InChI is InChI=1S/C8H9BO5/c10-8(11)7(14-9(12)13)6-4-2-1-3-5-6/h1-5,7,12-13H,(H,10,11)/t7-/m1/s1. The summed E-state index contributed by atoms with van der Waals surface area (Å²) in [6, 6.07) is 8.05. The first-order valence-corrected chi connectivity index (χ1v) is 3.90. The van der Waals surface area contributed by atoms with Crippen molar-refractivity contribution < 1.29 is 24.6 Å². The Kier molecular flexibility index (Phi) is 3.64. The Bertz CT molecular complexity index is 300. The SMILES string of the molecule is O=C(O)[C@H](OB(O)O)c1ccccc1. The van der Waals surface area contributed by atoms with Crippen LogP contribution in [0.25, 0.3) is 0 Å². The molecule has 1 atom stereocenters. The normalized spacial score (nSPS) is 12.1. The van der Waals surface area contributed by atoms with E-state index >= 15 is 0 Å². The number of carboxylic acid groups (broad SMARTS) is 1. The molecule has 0 aliphatic carbocycles. The molecule has 0 saturated carbocycles. The van der Waals surface area contributed by atoms with Gasteiger partial charge in [0, 0.05) is 0 Å². The van der Waals surface area contributed by atoms with Crippen LogP contribution in [0.15, 0.2) is 30.3 Å². The molecule has 0 aromatic heterocycles. The van der Waals surface area contributed by atoms with Gasteiger partial charge in [-0.2, -0.15) is 0 Å². The molecule has 0 aliphatic heterocycles. The zero-order valence-corrected chi connectivity index (χ0v) is 7.20. The Balaban J connectivity index is 2.84. The molecule has 0 amide bonds. The Morgan fingerprint density at radius 1 is 1.29 bits per heavy atom. The maximum absolute atomic E-state index is 10.7. The summed E-state index contributed by atoms with van der Waals surface area (Å²) in [5.41, 5.74) is 0.355. The van der Waals surface area contributed by atoms with Gasteiger partial charge < -0.3 is 19.8 Å². The van der Waals surface area contributed by atoms with E-state index < -0.39 is 19.4 Å². The highest BCUT2D eigenvalue weighted by Gasteiger charge is 2.25. The van der Waals surface area contributed by atoms with E-state index in [9.17, 15) is 4.79 Å². The van der Waals surface area contributed by atoms with Crippen molar-refractivity contribution >= 4 is 13.3 Å². The molecule has 0 heterocycles. The maximum atomic E-state index is 10.7. The number of hydrogen-bond donors (Lipinski definition) is 3. The van der Waals surface area contributed by atoms with Gasteiger partial charge in [0.25, 0.3) is 0 Å². The van der Waals surface area contributed by atoms with E-state index in [-0.39, 0.29) is 0 Å². The Morgan fingerprint density at radius 2 is 1.86 bits per heavy atom. The van der Waals surface area contributed by atoms with E-state index in [0.717, 1.165) is 0 Å². The fourth-order valence-corrected chi connectivity index (χ4v) is 1.03. The first kappa shape index (κ1) is 10.7. The van der Waals surface area contributed by atoms with Crippen LogP contribution in [0.2, 0.25) is 0 Å². The molecule has 74 valence electrons. The van der Waals surface area contributed by atoms with Gasteiger partial charge >= 0.3 is 13.3 Å². The van der Waals surface area contributed by atoms with Crippen molar-refractivity contribution in [2.75, 3.05) is 0 Å². The van der Waals surface area contributed by atoms with Crippen molar-refractivity contribution in [2.45, 2.75) is 6.10 Å². The van der Waals surface area contributed by atoms with Gasteiger partial charge in [-0.25, -0.2) is 4.79 Å². The zero-order chi connectivity index (χ0) is 10.6. The van der Waals surface area contributed by atoms with Crippen molar-refractivity contribution in [1.29, 1.82) is 0 Å². The second-order valence-corrected chi connectivity index (χ2v) is 2.59. The molecule has 1 aromatic rings. The fourth-order valence-electron chi connectivity index (χ4n) is 1.03. The zero-order valence-electron chi connectivity index (χ0n) is 7.20. The van der Waals surface area contributed by atoms with Gasteiger partial charge in [-0.1, -0.05) is 30.3 Å². The second-order valence-electron chi connectivity index (χ2n) is 2.59. The third-order valence-electron chi connectivity index (χ3n) is 1.58. The minimum absolute atomic E-state index is 0.355. The van der Waals surface area contributed by atoms with Crippen molar-refractivity contribution in [2.24, 2.45) is 0 Å². The molecule has 0 aliphatic rings. The van der Waals surface area contributed by atoms with Crippen molar-refractivity contribution in [3.63, 3.8) is 0 Å². The largest absolute Gasteiger partial charge is 0.634 e. The monoisotopic (exact) mass is 196 g/mol. The summed E-state index contributed by atoms with van der Waals surface area (Å²) in [6.07, 6.45) is -1.36. The highest BCUT2D eigenvalue weighted by molar-refractivity contribution is 6.33. The van der Waals surface area contributed by atoms with Crippen molar-refractivity contribution in [3.8, 4) is 0 Å². The molecule has 0 unspecified atom stereocenters. The summed E-state index contributed by atoms with van der Waals surface area (Å²) in [7, 11) is -2.10. The van der Waals surface area contributed by atoms with Crippen LogP contribution in [-0.4, -0.2) is 28.4 Å². The Morgan fingerprint density at radius 3 is 2.29 bits per heavy atom. The molecule has 0 radical (unpaired) electrons. The number of aliphatic carboxylic acids is 1. The van der Waals surface area contributed by atoms with Crippen LogP contribution in [0.5, 0.6) is 0 Å². The molecule has 1 rings (SSSR count). The molecule has 14 heavy (non-hydrogen) atoms. The molecule has 5 nitrogen and oxygen atoms in total. The van der Waals surface area contributed by atoms with Crippen molar-refractivity contribution in [3.05, 3.63) is 35.9 Å². The maximum Gasteiger partial charge on any atom is 0.634 e. The summed E-state index contributed by atoms with van der Waals surface area (Å²) >= 11 is 0. The summed E-state index contributed by atoms with van der Waals surface area (Å²) in [5.74, 6) is -1.27. The quantitative estimate of drug-likeness (QED) is 0.580. The number of carboxylic acids is 1. The molecule has 0 bridgehead atoms. The molecular formula is C8H9BO5. The number of hydrogen-bond acceptors (Lipinski definition) is 4. The molecule has 1 aromatic carbocycles. The summed E-state index contributed by atoms with van der Waals surface area (Å²) in [4.78, 5) is 10.7. The van der Waals surface area contributed by atoms with Crippen LogP contribution in [0.4, 0.5) is 0 Å². The Labute approximate surface area is 80.7 Å². The van der Waals surface area contributed by atoms with E-state index in [2.05, 4.69) is 4.65 Å². The number of benzene rings is 1. The van der Waals surface area contributed by atoms with E-state index in [4.69, 9.17) is 15.2 Å². The third-order valence-corrected chi connectivity index (χ3v) is 1.58. The van der Waals surface area contributed by atoms with Gasteiger partial charge in [-0.15, -0.1) is 0 Å². The smallest absolute Gasteiger partial charge is 0.479 e.